The number of H-pyrrole nitrogens is 1. The quantitative estimate of drug-likeness (QED) is 0.105. The summed E-state index contributed by atoms with van der Waals surface area (Å²) in [5.41, 5.74) is 4.61. The summed E-state index contributed by atoms with van der Waals surface area (Å²) in [5.74, 6) is 1.16. The molecular formula is C38H44N6O6. The highest BCUT2D eigenvalue weighted by atomic mass is 16.5. The third-order valence-corrected chi connectivity index (χ3v) is 9.14. The van der Waals surface area contributed by atoms with Crippen molar-refractivity contribution in [2.24, 2.45) is 0 Å². The fourth-order valence-corrected chi connectivity index (χ4v) is 6.42. The zero-order valence-electron chi connectivity index (χ0n) is 28.5. The van der Waals surface area contributed by atoms with Gasteiger partial charge in [-0.2, -0.15) is 4.98 Å². The van der Waals surface area contributed by atoms with Crippen molar-refractivity contribution in [2.75, 3.05) is 38.2 Å². The number of fused-ring (bicyclic) bond motifs is 1. The van der Waals surface area contributed by atoms with Crippen molar-refractivity contribution >= 4 is 28.3 Å². The number of imidazole rings is 1. The molecule has 3 aromatic carbocycles. The van der Waals surface area contributed by atoms with Gasteiger partial charge in [0, 0.05) is 13.0 Å². The van der Waals surface area contributed by atoms with Gasteiger partial charge in [-0.3, -0.25) is 14.3 Å². The molecule has 12 nitrogen and oxygen atoms in total. The Morgan fingerprint density at radius 2 is 1.72 bits per heavy atom. The number of nitrogens with one attached hydrogen (secondary N) is 2. The Morgan fingerprint density at radius 3 is 2.36 bits per heavy atom. The molecule has 4 atom stereocenters. The van der Waals surface area contributed by atoms with E-state index in [0.717, 1.165) is 53.2 Å². The van der Waals surface area contributed by atoms with E-state index in [-0.39, 0.29) is 30.2 Å². The van der Waals surface area contributed by atoms with Crippen LogP contribution < -0.4 is 15.6 Å². The van der Waals surface area contributed by atoms with E-state index >= 15 is 0 Å². The lowest BCUT2D eigenvalue weighted by molar-refractivity contribution is -0.0432. The van der Waals surface area contributed by atoms with Crippen LogP contribution in [0.1, 0.15) is 50.1 Å². The highest BCUT2D eigenvalue weighted by Crippen LogP contribution is 2.37. The lowest BCUT2D eigenvalue weighted by Gasteiger charge is -2.24. The zero-order chi connectivity index (χ0) is 35.2. The van der Waals surface area contributed by atoms with Crippen LogP contribution in [0.2, 0.25) is 0 Å². The molecule has 1 saturated heterocycles. The molecule has 0 amide bonds. The Hall–Kier alpha value is -5.01. The summed E-state index contributed by atoms with van der Waals surface area (Å²) in [6.07, 6.45) is -0.543. The molecule has 0 spiro atoms. The molecule has 0 saturated carbocycles. The molecule has 50 heavy (non-hydrogen) atoms. The molecule has 0 bridgehead atoms. The average molecular weight is 681 g/mol. The predicted molar refractivity (Wildman–Crippen MR) is 193 cm³/mol. The normalized spacial score (nSPS) is 18.7. The van der Waals surface area contributed by atoms with Gasteiger partial charge < -0.3 is 35.0 Å². The Morgan fingerprint density at radius 1 is 1.04 bits per heavy atom. The fourth-order valence-electron chi connectivity index (χ4n) is 6.42. The number of nitrogens with zero attached hydrogens (tertiary/aromatic N) is 4. The third-order valence-electron chi connectivity index (χ3n) is 9.14. The van der Waals surface area contributed by atoms with E-state index < -0.39 is 30.0 Å². The largest absolute Gasteiger partial charge is 0.508 e. The molecule has 0 aliphatic carbocycles. The van der Waals surface area contributed by atoms with Crippen molar-refractivity contribution in [3.63, 3.8) is 0 Å². The van der Waals surface area contributed by atoms with Crippen LogP contribution in [0.15, 0.2) is 90.0 Å². The predicted octanol–water partition coefficient (Wildman–Crippen LogP) is 4.65. The van der Waals surface area contributed by atoms with Gasteiger partial charge in [0.25, 0.3) is 5.56 Å². The third kappa shape index (κ3) is 7.58. The summed E-state index contributed by atoms with van der Waals surface area (Å²) < 4.78 is 13.5. The number of hydrogen-bond donors (Lipinski definition) is 5. The van der Waals surface area contributed by atoms with Gasteiger partial charge in [0.2, 0.25) is 5.95 Å². The van der Waals surface area contributed by atoms with Crippen molar-refractivity contribution in [2.45, 2.75) is 51.7 Å². The van der Waals surface area contributed by atoms with Crippen LogP contribution in [0.5, 0.6) is 11.5 Å². The minimum Gasteiger partial charge on any atom is -0.508 e. The number of hydrogen-bond acceptors (Lipinski definition) is 10. The molecule has 1 aliphatic heterocycles. The lowest BCUT2D eigenvalue weighted by Crippen LogP contribution is -2.27. The molecule has 262 valence electrons. The monoisotopic (exact) mass is 680 g/mol. The van der Waals surface area contributed by atoms with Crippen LogP contribution in [-0.4, -0.2) is 90.8 Å². The number of rotatable bonds is 14. The highest BCUT2D eigenvalue weighted by molar-refractivity contribution is 6.01. The van der Waals surface area contributed by atoms with Crippen LogP contribution in [-0.2, 0) is 4.74 Å². The van der Waals surface area contributed by atoms with E-state index in [1.54, 1.807) is 16.7 Å². The molecular weight excluding hydrogens is 636 g/mol. The maximum Gasteiger partial charge on any atom is 0.280 e. The smallest absolute Gasteiger partial charge is 0.280 e. The minimum absolute atomic E-state index is 0.136. The van der Waals surface area contributed by atoms with Crippen molar-refractivity contribution in [1.29, 1.82) is 0 Å². The minimum atomic E-state index is -0.855. The molecule has 1 aliphatic rings. The van der Waals surface area contributed by atoms with Crippen LogP contribution in [0.3, 0.4) is 0 Å². The van der Waals surface area contributed by atoms with Gasteiger partial charge in [-0.25, -0.2) is 4.98 Å². The van der Waals surface area contributed by atoms with Gasteiger partial charge in [0.1, 0.15) is 30.4 Å². The number of aliphatic hydroxyl groups is 2. The van der Waals surface area contributed by atoms with Gasteiger partial charge in [0.05, 0.1) is 25.1 Å². The van der Waals surface area contributed by atoms with Crippen molar-refractivity contribution in [3.8, 4) is 11.5 Å². The Bertz CT molecular complexity index is 1950. The maximum absolute atomic E-state index is 13.2. The van der Waals surface area contributed by atoms with E-state index in [2.05, 4.69) is 34.0 Å². The summed E-state index contributed by atoms with van der Waals surface area (Å²) in [7, 11) is 0. The first-order chi connectivity index (χ1) is 24.3. The number of ether oxygens (including phenoxy) is 2. The number of aliphatic hydroxyl groups excluding tert-OH is 2. The molecule has 12 heteroatoms. The number of phenolic OH excluding ortho intramolecular Hbond substituents is 1. The Labute approximate surface area is 290 Å². The standard InChI is InChI=1S/C38H44N6O6/c1-4-43(5-2)19-20-49-29-17-13-27(14-18-29)34(26-11-15-28(46)16-12-26)33(25-9-7-6-8-10-25)24(3)40-38-41-36-35(37(48)42-38)39-23-44(36)32-21-30(47)31(22-45)50-32/h6-18,23-24,30-32,45-47H,4-5,19-22H2,1-3H3,(H2,40,41,42,48)/b34-33-/t24?,30-,31+,32+/m0/s1. The summed E-state index contributed by atoms with van der Waals surface area (Å²) in [4.78, 5) is 27.4. The topological polar surface area (TPSA) is 158 Å². The van der Waals surface area contributed by atoms with Gasteiger partial charge in [-0.15, -0.1) is 0 Å². The van der Waals surface area contributed by atoms with E-state index in [4.69, 9.17) is 14.5 Å². The van der Waals surface area contributed by atoms with Crippen LogP contribution in [0.25, 0.3) is 22.3 Å². The number of aromatic hydroxyl groups is 1. The number of aromatic amines is 1. The van der Waals surface area contributed by atoms with E-state index in [9.17, 15) is 20.1 Å². The Balaban J connectivity index is 1.39. The SMILES string of the molecule is CCN(CC)CCOc1ccc(/C(=C(\c2ccccc2)C(C)Nc2nc3c(ncn3[C@H]3C[C@H](O)[C@@H](CO)O3)c(=O)[nH]2)c2ccc(O)cc2)cc1. The second kappa shape index (κ2) is 15.7. The Kier molecular flexibility index (Phi) is 10.9. The molecule has 2 aromatic heterocycles. The maximum atomic E-state index is 13.2. The first kappa shape index (κ1) is 34.8. The van der Waals surface area contributed by atoms with Crippen LogP contribution in [0, 0.1) is 0 Å². The van der Waals surface area contributed by atoms with Crippen molar-refractivity contribution in [1.82, 2.24) is 24.4 Å². The second-order valence-corrected chi connectivity index (χ2v) is 12.3. The van der Waals surface area contributed by atoms with Gasteiger partial charge in [-0.1, -0.05) is 68.4 Å². The summed E-state index contributed by atoms with van der Waals surface area (Å²) >= 11 is 0. The zero-order valence-corrected chi connectivity index (χ0v) is 28.5. The molecule has 1 unspecified atom stereocenters. The van der Waals surface area contributed by atoms with Gasteiger partial charge in [0.15, 0.2) is 11.2 Å². The van der Waals surface area contributed by atoms with Gasteiger partial charge >= 0.3 is 0 Å². The number of benzene rings is 3. The summed E-state index contributed by atoms with van der Waals surface area (Å²) in [5, 5.41) is 33.5. The molecule has 5 aromatic rings. The molecule has 3 heterocycles. The average Bonchev–Trinajstić information content (AvgIpc) is 3.73. The van der Waals surface area contributed by atoms with Crippen LogP contribution >= 0.6 is 0 Å². The molecule has 0 radical (unpaired) electrons. The lowest BCUT2D eigenvalue weighted by atomic mass is 9.86. The van der Waals surface area contributed by atoms with Crippen molar-refractivity contribution in [3.05, 3.63) is 112 Å². The summed E-state index contributed by atoms with van der Waals surface area (Å²) in [6.45, 7) is 9.32. The second-order valence-electron chi connectivity index (χ2n) is 12.3. The number of likely N-dealkylation sites (N-methyl/N-ethyl adjacent to an activating group) is 1. The number of aromatic nitrogens is 4. The first-order valence-corrected chi connectivity index (χ1v) is 17.0. The van der Waals surface area contributed by atoms with E-state index in [1.807, 2.05) is 73.7 Å². The van der Waals surface area contributed by atoms with Crippen LogP contribution in [0.4, 0.5) is 5.95 Å². The molecule has 5 N–H and O–H groups in total. The first-order valence-electron chi connectivity index (χ1n) is 17.0. The van der Waals surface area contributed by atoms with E-state index in [1.165, 1.54) is 6.33 Å². The van der Waals surface area contributed by atoms with E-state index in [0.29, 0.717) is 12.3 Å². The van der Waals surface area contributed by atoms with Crippen molar-refractivity contribution < 1.29 is 24.8 Å². The number of anilines is 1. The fraction of sp³-hybridized carbons (Fsp3) is 0.342. The summed E-state index contributed by atoms with van der Waals surface area (Å²) in [6, 6.07) is 24.7. The number of phenols is 1. The van der Waals surface area contributed by atoms with Gasteiger partial charge in [-0.05, 0) is 72.1 Å². The highest BCUT2D eigenvalue weighted by Gasteiger charge is 2.35. The molecule has 1 fully saturated rings. The molecule has 6 rings (SSSR count).